The molecule has 3 aromatic rings. The number of halogens is 1. The minimum absolute atomic E-state index is 0.185. The number of sulfone groups is 1. The maximum absolute atomic E-state index is 13.0. The number of nitrogens with zero attached hydrogens (tertiary/aromatic N) is 1. The molecule has 0 aliphatic carbocycles. The van der Waals surface area contributed by atoms with E-state index in [9.17, 15) is 18.3 Å². The highest BCUT2D eigenvalue weighted by atomic mass is 35.5. The molecule has 1 heterocycles. The Bertz CT molecular complexity index is 1230. The van der Waals surface area contributed by atoms with E-state index in [1.54, 1.807) is 31.2 Å². The maximum Gasteiger partial charge on any atom is 0.257 e. The van der Waals surface area contributed by atoms with Crippen molar-refractivity contribution >= 4 is 33.0 Å². The highest BCUT2D eigenvalue weighted by Gasteiger charge is 2.21. The van der Waals surface area contributed by atoms with Gasteiger partial charge in [-0.3, -0.25) is 4.79 Å². The third kappa shape index (κ3) is 5.18. The predicted molar refractivity (Wildman–Crippen MR) is 123 cm³/mol. The monoisotopic (exact) mass is 460 g/mol. The van der Waals surface area contributed by atoms with Crippen molar-refractivity contribution in [2.24, 2.45) is 0 Å². The lowest BCUT2D eigenvalue weighted by atomic mass is 10.1. The molecular formula is C23H25ClN2O4S. The lowest BCUT2D eigenvalue weighted by Crippen LogP contribution is -2.13. The Kier molecular flexibility index (Phi) is 6.59. The molecule has 2 aromatic carbocycles. The fraction of sp³-hybridized carbons (Fsp3) is 0.261. The number of benzene rings is 2. The summed E-state index contributed by atoms with van der Waals surface area (Å²) in [5, 5.41) is 13.4. The smallest absolute Gasteiger partial charge is 0.257 e. The molecule has 3 rings (SSSR count). The molecule has 6 nitrogen and oxygen atoms in total. The van der Waals surface area contributed by atoms with E-state index in [2.05, 4.69) is 5.32 Å². The summed E-state index contributed by atoms with van der Waals surface area (Å²) in [4.78, 5) is 13.2. The van der Waals surface area contributed by atoms with Crippen molar-refractivity contribution in [3.8, 4) is 5.69 Å². The molecule has 1 aromatic heterocycles. The molecule has 0 radical (unpaired) electrons. The van der Waals surface area contributed by atoms with Gasteiger partial charge in [-0.25, -0.2) is 8.42 Å². The van der Waals surface area contributed by atoms with Crippen LogP contribution in [0.25, 0.3) is 5.69 Å². The average molecular weight is 461 g/mol. The van der Waals surface area contributed by atoms with Crippen LogP contribution in [0.5, 0.6) is 0 Å². The number of aliphatic hydroxyl groups excluding tert-OH is 1. The first-order valence-corrected chi connectivity index (χ1v) is 12.0. The Hall–Kier alpha value is -2.61. The summed E-state index contributed by atoms with van der Waals surface area (Å²) in [6.07, 6.45) is 0.925. The third-order valence-corrected chi connectivity index (χ3v) is 6.38. The van der Waals surface area contributed by atoms with E-state index in [1.807, 2.05) is 30.5 Å². The molecule has 31 heavy (non-hydrogen) atoms. The fourth-order valence-electron chi connectivity index (χ4n) is 3.54. The summed E-state index contributed by atoms with van der Waals surface area (Å²) in [5.41, 5.74) is 4.32. The number of rotatable bonds is 6. The molecule has 0 saturated heterocycles. The van der Waals surface area contributed by atoms with Crippen molar-refractivity contribution in [3.05, 3.63) is 76.1 Å². The van der Waals surface area contributed by atoms with Gasteiger partial charge < -0.3 is 15.0 Å². The Morgan fingerprint density at radius 3 is 2.32 bits per heavy atom. The van der Waals surface area contributed by atoms with Gasteiger partial charge in [0.05, 0.1) is 16.6 Å². The number of amides is 1. The van der Waals surface area contributed by atoms with E-state index in [4.69, 9.17) is 11.6 Å². The molecule has 0 fully saturated rings. The second-order valence-electron chi connectivity index (χ2n) is 7.70. The SMILES string of the molecule is Cc1cc(Cl)ccc1-n1c(C[C@H](C)O)cc(C(=O)Nc2ccc(S(C)(=O)=O)cc2)c1C. The Labute approximate surface area is 187 Å². The zero-order valence-corrected chi connectivity index (χ0v) is 19.4. The van der Waals surface area contributed by atoms with Gasteiger partial charge in [0.2, 0.25) is 0 Å². The van der Waals surface area contributed by atoms with E-state index >= 15 is 0 Å². The van der Waals surface area contributed by atoms with Gasteiger partial charge in [0, 0.05) is 40.5 Å². The van der Waals surface area contributed by atoms with Crippen LogP contribution >= 0.6 is 11.6 Å². The molecule has 2 N–H and O–H groups in total. The largest absolute Gasteiger partial charge is 0.393 e. The molecule has 0 bridgehead atoms. The van der Waals surface area contributed by atoms with E-state index in [0.717, 1.165) is 28.9 Å². The lowest BCUT2D eigenvalue weighted by Gasteiger charge is -2.16. The molecule has 8 heteroatoms. The molecule has 0 aliphatic heterocycles. The minimum Gasteiger partial charge on any atom is -0.393 e. The van der Waals surface area contributed by atoms with Crippen molar-refractivity contribution in [2.75, 3.05) is 11.6 Å². The number of carbonyl (C=O) groups is 1. The van der Waals surface area contributed by atoms with Crippen molar-refractivity contribution in [2.45, 2.75) is 38.2 Å². The topological polar surface area (TPSA) is 88.4 Å². The quantitative estimate of drug-likeness (QED) is 0.573. The zero-order chi connectivity index (χ0) is 22.9. The molecule has 0 spiro atoms. The summed E-state index contributed by atoms with van der Waals surface area (Å²) in [6.45, 7) is 5.49. The van der Waals surface area contributed by atoms with Crippen LogP contribution in [0.2, 0.25) is 5.02 Å². The summed E-state index contributed by atoms with van der Waals surface area (Å²) in [7, 11) is -3.31. The maximum atomic E-state index is 13.0. The molecule has 0 aliphatic rings. The Morgan fingerprint density at radius 2 is 1.77 bits per heavy atom. The van der Waals surface area contributed by atoms with Crippen LogP contribution < -0.4 is 5.32 Å². The summed E-state index contributed by atoms with van der Waals surface area (Å²) in [5.74, 6) is -0.318. The predicted octanol–water partition coefficient (Wildman–Crippen LogP) is 4.33. The van der Waals surface area contributed by atoms with E-state index < -0.39 is 15.9 Å². The van der Waals surface area contributed by atoms with Gasteiger partial charge in [-0.2, -0.15) is 0 Å². The Balaban J connectivity index is 1.99. The number of aliphatic hydroxyl groups is 1. The number of aryl methyl sites for hydroxylation is 1. The molecule has 1 amide bonds. The van der Waals surface area contributed by atoms with Gasteiger partial charge in [-0.15, -0.1) is 0 Å². The van der Waals surface area contributed by atoms with Crippen LogP contribution in [0.4, 0.5) is 5.69 Å². The molecule has 0 unspecified atom stereocenters. The number of aromatic nitrogens is 1. The lowest BCUT2D eigenvalue weighted by molar-refractivity contribution is 0.102. The first kappa shape index (κ1) is 23.1. The molecule has 1 atom stereocenters. The summed E-state index contributed by atoms with van der Waals surface area (Å²) in [6, 6.07) is 13.3. The number of carbonyl (C=O) groups excluding carboxylic acids is 1. The van der Waals surface area contributed by atoms with Crippen molar-refractivity contribution in [3.63, 3.8) is 0 Å². The van der Waals surface area contributed by atoms with E-state index in [0.29, 0.717) is 22.7 Å². The first-order chi connectivity index (χ1) is 14.5. The van der Waals surface area contributed by atoms with Crippen LogP contribution in [-0.2, 0) is 16.3 Å². The van der Waals surface area contributed by atoms with Gasteiger partial charge in [-0.05, 0) is 74.9 Å². The highest BCUT2D eigenvalue weighted by Crippen LogP contribution is 2.27. The van der Waals surface area contributed by atoms with E-state index in [1.165, 1.54) is 12.1 Å². The number of nitrogens with one attached hydrogen (secondary N) is 1. The zero-order valence-electron chi connectivity index (χ0n) is 17.8. The van der Waals surface area contributed by atoms with Gasteiger partial charge in [0.1, 0.15) is 0 Å². The summed E-state index contributed by atoms with van der Waals surface area (Å²) >= 11 is 6.10. The fourth-order valence-corrected chi connectivity index (χ4v) is 4.40. The number of anilines is 1. The van der Waals surface area contributed by atoms with Crippen LogP contribution in [0, 0.1) is 13.8 Å². The van der Waals surface area contributed by atoms with Crippen LogP contribution in [0.1, 0.15) is 34.2 Å². The van der Waals surface area contributed by atoms with Crippen molar-refractivity contribution in [1.82, 2.24) is 4.57 Å². The normalized spacial score (nSPS) is 12.6. The second-order valence-corrected chi connectivity index (χ2v) is 10.2. The average Bonchev–Trinajstić information content (AvgIpc) is 2.97. The number of hydrogen-bond acceptors (Lipinski definition) is 4. The van der Waals surface area contributed by atoms with Crippen LogP contribution in [-0.4, -0.2) is 36.4 Å². The number of hydrogen-bond donors (Lipinski definition) is 2. The van der Waals surface area contributed by atoms with Gasteiger partial charge in [-0.1, -0.05) is 11.6 Å². The van der Waals surface area contributed by atoms with Gasteiger partial charge in [0.15, 0.2) is 9.84 Å². The molecular weight excluding hydrogens is 436 g/mol. The highest BCUT2D eigenvalue weighted by molar-refractivity contribution is 7.90. The van der Waals surface area contributed by atoms with Crippen molar-refractivity contribution < 1.29 is 18.3 Å². The standard InChI is InChI=1S/C23H25ClN2O4S/c1-14-11-17(24)5-10-22(14)26-16(3)21(13-19(26)12-15(2)27)23(28)25-18-6-8-20(9-7-18)31(4,29)30/h5-11,13,15,27H,12H2,1-4H3,(H,25,28)/t15-/m0/s1. The van der Waals surface area contributed by atoms with E-state index in [-0.39, 0.29) is 10.8 Å². The molecule has 0 saturated carbocycles. The van der Waals surface area contributed by atoms with Gasteiger partial charge in [0.25, 0.3) is 5.91 Å². The third-order valence-electron chi connectivity index (χ3n) is 5.01. The molecule has 164 valence electrons. The second kappa shape index (κ2) is 8.86. The van der Waals surface area contributed by atoms with Crippen molar-refractivity contribution in [1.29, 1.82) is 0 Å². The Morgan fingerprint density at radius 1 is 1.13 bits per heavy atom. The minimum atomic E-state index is -3.31. The first-order valence-electron chi connectivity index (χ1n) is 9.74. The van der Waals surface area contributed by atoms with Crippen LogP contribution in [0.3, 0.4) is 0 Å². The summed E-state index contributed by atoms with van der Waals surface area (Å²) < 4.78 is 25.2. The van der Waals surface area contributed by atoms with Crippen LogP contribution in [0.15, 0.2) is 53.4 Å². The van der Waals surface area contributed by atoms with Gasteiger partial charge >= 0.3 is 0 Å².